The molecule has 0 aromatic carbocycles. The molecular formula is C8H8F2N2O3. The Morgan fingerprint density at radius 3 is 2.53 bits per heavy atom. The molecule has 5 nitrogen and oxygen atoms in total. The molecule has 1 aromatic heterocycles. The summed E-state index contributed by atoms with van der Waals surface area (Å²) in [6, 6.07) is 1.11. The molecule has 0 N–H and O–H groups in total. The lowest BCUT2D eigenvalue weighted by Crippen LogP contribution is -2.06. The second-order valence-corrected chi connectivity index (χ2v) is 2.85. The standard InChI is InChI=1S/C8H8F2N2O3/c1-4-3-6(15-8(9)10)11-5(2)7(4)12(13)14/h3,8H,1-2H3. The molecule has 0 spiro atoms. The highest BCUT2D eigenvalue weighted by molar-refractivity contribution is 5.45. The van der Waals surface area contributed by atoms with Crippen LogP contribution in [0, 0.1) is 24.0 Å². The highest BCUT2D eigenvalue weighted by Crippen LogP contribution is 2.25. The summed E-state index contributed by atoms with van der Waals surface area (Å²) < 4.78 is 27.7. The maximum atomic E-state index is 11.8. The van der Waals surface area contributed by atoms with Crippen LogP contribution in [0.5, 0.6) is 5.88 Å². The van der Waals surface area contributed by atoms with Gasteiger partial charge in [-0.15, -0.1) is 0 Å². The largest absolute Gasteiger partial charge is 0.417 e. The highest BCUT2D eigenvalue weighted by atomic mass is 19.3. The minimum absolute atomic E-state index is 0.0515. The van der Waals surface area contributed by atoms with Gasteiger partial charge in [0.25, 0.3) is 5.69 Å². The molecule has 0 bridgehead atoms. The lowest BCUT2D eigenvalue weighted by atomic mass is 10.2. The second-order valence-electron chi connectivity index (χ2n) is 2.85. The first-order chi connectivity index (χ1) is 6.91. The van der Waals surface area contributed by atoms with Gasteiger partial charge in [0, 0.05) is 11.6 Å². The van der Waals surface area contributed by atoms with Crippen molar-refractivity contribution in [2.75, 3.05) is 0 Å². The third kappa shape index (κ3) is 2.58. The third-order valence-electron chi connectivity index (χ3n) is 1.73. The molecule has 82 valence electrons. The first kappa shape index (κ1) is 11.3. The van der Waals surface area contributed by atoms with Crippen LogP contribution in [0.25, 0.3) is 0 Å². The van der Waals surface area contributed by atoms with E-state index in [4.69, 9.17) is 0 Å². The van der Waals surface area contributed by atoms with Crippen molar-refractivity contribution in [2.45, 2.75) is 20.5 Å². The number of nitrogens with zero attached hydrogens (tertiary/aromatic N) is 2. The van der Waals surface area contributed by atoms with Crippen molar-refractivity contribution in [3.63, 3.8) is 0 Å². The number of nitro groups is 1. The lowest BCUT2D eigenvalue weighted by Gasteiger charge is -2.06. The van der Waals surface area contributed by atoms with Gasteiger partial charge in [0.05, 0.1) is 4.92 Å². The quantitative estimate of drug-likeness (QED) is 0.576. The zero-order valence-electron chi connectivity index (χ0n) is 8.03. The molecule has 0 saturated heterocycles. The lowest BCUT2D eigenvalue weighted by molar-refractivity contribution is -0.386. The van der Waals surface area contributed by atoms with Gasteiger partial charge in [-0.05, 0) is 13.8 Å². The van der Waals surface area contributed by atoms with Crippen LogP contribution < -0.4 is 4.74 Å². The number of ether oxygens (including phenoxy) is 1. The fourth-order valence-corrected chi connectivity index (χ4v) is 1.22. The smallest absolute Gasteiger partial charge is 0.388 e. The molecule has 15 heavy (non-hydrogen) atoms. The van der Waals surface area contributed by atoms with E-state index in [2.05, 4.69) is 9.72 Å². The number of hydrogen-bond acceptors (Lipinski definition) is 4. The predicted molar refractivity (Wildman–Crippen MR) is 47.0 cm³/mol. The summed E-state index contributed by atoms with van der Waals surface area (Å²) in [4.78, 5) is 13.5. The Balaban J connectivity index is 3.14. The van der Waals surface area contributed by atoms with E-state index >= 15 is 0 Å². The Kier molecular flexibility index (Phi) is 3.13. The summed E-state index contributed by atoms with van der Waals surface area (Å²) in [7, 11) is 0. The van der Waals surface area contributed by atoms with E-state index in [0.717, 1.165) is 6.07 Å². The fourth-order valence-electron chi connectivity index (χ4n) is 1.22. The van der Waals surface area contributed by atoms with Crippen molar-refractivity contribution in [3.8, 4) is 5.88 Å². The van der Waals surface area contributed by atoms with Crippen LogP contribution in [0.2, 0.25) is 0 Å². The summed E-state index contributed by atoms with van der Waals surface area (Å²) in [5, 5.41) is 10.6. The van der Waals surface area contributed by atoms with Gasteiger partial charge in [-0.2, -0.15) is 8.78 Å². The molecule has 0 aliphatic carbocycles. The summed E-state index contributed by atoms with van der Waals surface area (Å²) in [6.45, 7) is -0.188. The number of aromatic nitrogens is 1. The minimum Gasteiger partial charge on any atom is -0.417 e. The fraction of sp³-hybridized carbons (Fsp3) is 0.375. The average molecular weight is 218 g/mol. The highest BCUT2D eigenvalue weighted by Gasteiger charge is 2.18. The first-order valence-corrected chi connectivity index (χ1v) is 3.99. The SMILES string of the molecule is Cc1cc(OC(F)F)nc(C)c1[N+](=O)[O-]. The molecule has 0 saturated carbocycles. The van der Waals surface area contributed by atoms with E-state index in [9.17, 15) is 18.9 Å². The monoisotopic (exact) mass is 218 g/mol. The topological polar surface area (TPSA) is 65.3 Å². The Bertz CT molecular complexity index is 372. The Hall–Kier alpha value is -1.79. The van der Waals surface area contributed by atoms with Crippen LogP contribution in [-0.4, -0.2) is 16.5 Å². The van der Waals surface area contributed by atoms with Crippen LogP contribution in [0.15, 0.2) is 6.07 Å². The van der Waals surface area contributed by atoms with E-state index in [-0.39, 0.29) is 22.8 Å². The van der Waals surface area contributed by atoms with Crippen molar-refractivity contribution < 1.29 is 18.4 Å². The van der Waals surface area contributed by atoms with Crippen LogP contribution in [-0.2, 0) is 0 Å². The van der Waals surface area contributed by atoms with E-state index in [1.807, 2.05) is 0 Å². The van der Waals surface area contributed by atoms with E-state index in [1.165, 1.54) is 13.8 Å². The van der Waals surface area contributed by atoms with Gasteiger partial charge >= 0.3 is 6.61 Å². The summed E-state index contributed by atoms with van der Waals surface area (Å²) >= 11 is 0. The minimum atomic E-state index is -2.99. The van der Waals surface area contributed by atoms with Gasteiger partial charge < -0.3 is 4.74 Å². The second kappa shape index (κ2) is 4.16. The molecule has 0 amide bonds. The summed E-state index contributed by atoms with van der Waals surface area (Å²) in [6.07, 6.45) is 0. The van der Waals surface area contributed by atoms with Gasteiger partial charge in [-0.25, -0.2) is 4.98 Å². The van der Waals surface area contributed by atoms with Gasteiger partial charge in [0.2, 0.25) is 5.88 Å². The van der Waals surface area contributed by atoms with Crippen LogP contribution in [0.3, 0.4) is 0 Å². The molecule has 0 fully saturated rings. The van der Waals surface area contributed by atoms with Crippen molar-refractivity contribution in [2.24, 2.45) is 0 Å². The van der Waals surface area contributed by atoms with Gasteiger partial charge in [0.1, 0.15) is 5.69 Å². The summed E-state index contributed by atoms with van der Waals surface area (Å²) in [5.41, 5.74) is 0.107. The molecule has 0 aliphatic heterocycles. The number of pyridine rings is 1. The molecule has 0 radical (unpaired) electrons. The Labute approximate surface area is 83.8 Å². The number of hydrogen-bond donors (Lipinski definition) is 0. The van der Waals surface area contributed by atoms with E-state index in [0.29, 0.717) is 0 Å². The maximum absolute atomic E-state index is 11.8. The zero-order valence-corrected chi connectivity index (χ0v) is 8.03. The van der Waals surface area contributed by atoms with Gasteiger partial charge in [-0.1, -0.05) is 0 Å². The zero-order chi connectivity index (χ0) is 11.6. The van der Waals surface area contributed by atoms with E-state index in [1.54, 1.807) is 0 Å². The molecule has 1 aromatic rings. The van der Waals surface area contributed by atoms with Crippen LogP contribution >= 0.6 is 0 Å². The number of rotatable bonds is 3. The molecule has 0 aliphatic rings. The van der Waals surface area contributed by atoms with Crippen LogP contribution in [0.4, 0.5) is 14.5 Å². The molecule has 0 unspecified atom stereocenters. The van der Waals surface area contributed by atoms with Crippen molar-refractivity contribution >= 4 is 5.69 Å². The number of alkyl halides is 2. The average Bonchev–Trinajstić information content (AvgIpc) is 1.99. The van der Waals surface area contributed by atoms with Crippen molar-refractivity contribution in [1.82, 2.24) is 4.98 Å². The first-order valence-electron chi connectivity index (χ1n) is 3.99. The third-order valence-corrected chi connectivity index (χ3v) is 1.73. The molecule has 1 rings (SSSR count). The van der Waals surface area contributed by atoms with Gasteiger partial charge in [-0.3, -0.25) is 10.1 Å². The van der Waals surface area contributed by atoms with Crippen molar-refractivity contribution in [1.29, 1.82) is 0 Å². The molecule has 7 heteroatoms. The van der Waals surface area contributed by atoms with Gasteiger partial charge in [0.15, 0.2) is 0 Å². The normalized spacial score (nSPS) is 10.5. The Morgan fingerprint density at radius 1 is 1.53 bits per heavy atom. The number of aryl methyl sites for hydroxylation is 2. The van der Waals surface area contributed by atoms with E-state index < -0.39 is 11.5 Å². The summed E-state index contributed by atoms with van der Waals surface area (Å²) in [5.74, 6) is -0.314. The molecule has 1 heterocycles. The predicted octanol–water partition coefficient (Wildman–Crippen LogP) is 2.21. The maximum Gasteiger partial charge on any atom is 0.388 e. The van der Waals surface area contributed by atoms with Crippen LogP contribution in [0.1, 0.15) is 11.3 Å². The number of halogens is 2. The molecular weight excluding hydrogens is 210 g/mol. The molecule has 0 atom stereocenters. The van der Waals surface area contributed by atoms with Crippen molar-refractivity contribution in [3.05, 3.63) is 27.4 Å². The Morgan fingerprint density at radius 2 is 2.13 bits per heavy atom.